The van der Waals surface area contributed by atoms with Gasteiger partial charge in [0.15, 0.2) is 0 Å². The molecule has 0 aliphatic heterocycles. The van der Waals surface area contributed by atoms with Crippen LogP contribution in [-0.4, -0.2) is 46.7 Å². The Bertz CT molecular complexity index is 811. The number of aliphatic carboxylic acids is 1. The summed E-state index contributed by atoms with van der Waals surface area (Å²) >= 11 is 0. The number of sulfonamides is 1. The van der Waals surface area contributed by atoms with E-state index in [0.29, 0.717) is 11.8 Å². The van der Waals surface area contributed by atoms with Crippen molar-refractivity contribution in [3.63, 3.8) is 0 Å². The van der Waals surface area contributed by atoms with Gasteiger partial charge in [-0.05, 0) is 38.5 Å². The topological polar surface area (TPSA) is 92.5 Å². The highest BCUT2D eigenvalue weighted by molar-refractivity contribution is 7.89. The van der Waals surface area contributed by atoms with Crippen LogP contribution in [0, 0.1) is 0 Å². The first-order chi connectivity index (χ1) is 10.8. The number of hydrogen-bond donors (Lipinski definition) is 1. The van der Waals surface area contributed by atoms with E-state index in [1.165, 1.54) is 6.07 Å². The third kappa shape index (κ3) is 3.53. The van der Waals surface area contributed by atoms with Crippen LogP contribution in [0.5, 0.6) is 0 Å². The van der Waals surface area contributed by atoms with E-state index in [4.69, 9.17) is 5.11 Å². The fourth-order valence-corrected chi connectivity index (χ4v) is 3.95. The minimum absolute atomic E-state index is 0.0861. The van der Waals surface area contributed by atoms with Gasteiger partial charge in [-0.15, -0.1) is 0 Å². The molecule has 0 amide bonds. The van der Waals surface area contributed by atoms with Crippen LogP contribution in [0.1, 0.15) is 33.2 Å². The Morgan fingerprint density at radius 1 is 1.39 bits per heavy atom. The molecule has 0 unspecified atom stereocenters. The lowest BCUT2D eigenvalue weighted by atomic mass is 10.2. The van der Waals surface area contributed by atoms with E-state index in [1.807, 2.05) is 18.5 Å². The molecule has 1 aromatic heterocycles. The van der Waals surface area contributed by atoms with Gasteiger partial charge in [-0.25, -0.2) is 8.42 Å². The van der Waals surface area contributed by atoms with Gasteiger partial charge in [0.05, 0.1) is 16.6 Å². The molecule has 0 aliphatic rings. The standard InChI is InChI=1S/C15H21N3O4S/c1-4-7-17(10-15(19)20)23(21,22)13-5-6-14-12(8-13)9-16-18(14)11(2)3/h5-6,8-9,11H,4,7,10H2,1-3H3,(H,19,20). The fourth-order valence-electron chi connectivity index (χ4n) is 2.44. The summed E-state index contributed by atoms with van der Waals surface area (Å²) < 4.78 is 28.2. The lowest BCUT2D eigenvalue weighted by Crippen LogP contribution is -2.36. The highest BCUT2D eigenvalue weighted by atomic mass is 32.2. The van der Waals surface area contributed by atoms with Crippen molar-refractivity contribution in [3.05, 3.63) is 24.4 Å². The molecule has 0 radical (unpaired) electrons. The van der Waals surface area contributed by atoms with Crippen LogP contribution in [0.3, 0.4) is 0 Å². The van der Waals surface area contributed by atoms with Crippen molar-refractivity contribution in [3.8, 4) is 0 Å². The SMILES string of the molecule is CCCN(CC(=O)O)S(=O)(=O)c1ccc2c(cnn2C(C)C)c1. The summed E-state index contributed by atoms with van der Waals surface area (Å²) in [5.74, 6) is -1.17. The highest BCUT2D eigenvalue weighted by Crippen LogP contribution is 2.23. The maximum atomic E-state index is 12.7. The maximum absolute atomic E-state index is 12.7. The lowest BCUT2D eigenvalue weighted by molar-refractivity contribution is -0.137. The van der Waals surface area contributed by atoms with Gasteiger partial charge in [0.2, 0.25) is 10.0 Å². The number of benzene rings is 1. The van der Waals surface area contributed by atoms with Gasteiger partial charge in [0.25, 0.3) is 0 Å². The first-order valence-corrected chi connectivity index (χ1v) is 8.90. The van der Waals surface area contributed by atoms with Crippen LogP contribution >= 0.6 is 0 Å². The van der Waals surface area contributed by atoms with Crippen molar-refractivity contribution in [1.29, 1.82) is 0 Å². The average Bonchev–Trinajstić information content (AvgIpc) is 2.89. The van der Waals surface area contributed by atoms with E-state index in [-0.39, 0.29) is 17.5 Å². The minimum atomic E-state index is -3.85. The van der Waals surface area contributed by atoms with Crippen LogP contribution in [0.2, 0.25) is 0 Å². The molecule has 2 aromatic rings. The Morgan fingerprint density at radius 3 is 2.65 bits per heavy atom. The molecule has 0 saturated carbocycles. The number of hydrogen-bond acceptors (Lipinski definition) is 4. The molecule has 7 nitrogen and oxygen atoms in total. The molecule has 0 saturated heterocycles. The summed E-state index contributed by atoms with van der Waals surface area (Å²) in [5, 5.41) is 13.9. The molecule has 0 atom stereocenters. The summed E-state index contributed by atoms with van der Waals surface area (Å²) in [5.41, 5.74) is 0.847. The van der Waals surface area contributed by atoms with E-state index in [9.17, 15) is 13.2 Å². The van der Waals surface area contributed by atoms with Gasteiger partial charge in [0, 0.05) is 18.0 Å². The van der Waals surface area contributed by atoms with Crippen molar-refractivity contribution in [1.82, 2.24) is 14.1 Å². The van der Waals surface area contributed by atoms with E-state index < -0.39 is 22.5 Å². The summed E-state index contributed by atoms with van der Waals surface area (Å²) in [7, 11) is -3.85. The van der Waals surface area contributed by atoms with Gasteiger partial charge in [0.1, 0.15) is 6.54 Å². The van der Waals surface area contributed by atoms with E-state index in [1.54, 1.807) is 25.3 Å². The molecule has 1 heterocycles. The van der Waals surface area contributed by atoms with Crippen LogP contribution < -0.4 is 0 Å². The zero-order valence-electron chi connectivity index (χ0n) is 13.4. The number of carboxylic acids is 1. The van der Waals surface area contributed by atoms with Crippen molar-refractivity contribution < 1.29 is 18.3 Å². The van der Waals surface area contributed by atoms with E-state index in [0.717, 1.165) is 9.82 Å². The molecular weight excluding hydrogens is 318 g/mol. The zero-order chi connectivity index (χ0) is 17.2. The molecule has 1 N–H and O–H groups in total. The van der Waals surface area contributed by atoms with Crippen molar-refractivity contribution in [2.24, 2.45) is 0 Å². The monoisotopic (exact) mass is 339 g/mol. The number of aromatic nitrogens is 2. The van der Waals surface area contributed by atoms with E-state index >= 15 is 0 Å². The molecule has 0 fully saturated rings. The van der Waals surface area contributed by atoms with Crippen LogP contribution in [0.25, 0.3) is 10.9 Å². The second kappa shape index (κ2) is 6.67. The van der Waals surface area contributed by atoms with Gasteiger partial charge in [-0.1, -0.05) is 6.92 Å². The van der Waals surface area contributed by atoms with Crippen LogP contribution in [0.4, 0.5) is 0 Å². The number of fused-ring (bicyclic) bond motifs is 1. The summed E-state index contributed by atoms with van der Waals surface area (Å²) in [6, 6.07) is 4.92. The van der Waals surface area contributed by atoms with Crippen molar-refractivity contribution in [2.45, 2.75) is 38.1 Å². The van der Waals surface area contributed by atoms with Gasteiger partial charge in [-0.3, -0.25) is 9.48 Å². The minimum Gasteiger partial charge on any atom is -0.480 e. The third-order valence-corrected chi connectivity index (χ3v) is 5.32. The highest BCUT2D eigenvalue weighted by Gasteiger charge is 2.26. The molecule has 126 valence electrons. The molecule has 0 bridgehead atoms. The number of nitrogens with zero attached hydrogens (tertiary/aromatic N) is 3. The maximum Gasteiger partial charge on any atom is 0.318 e. The molecule has 2 rings (SSSR count). The molecule has 1 aromatic carbocycles. The van der Waals surface area contributed by atoms with Crippen molar-refractivity contribution >= 4 is 26.9 Å². The first-order valence-electron chi connectivity index (χ1n) is 7.46. The molecular formula is C15H21N3O4S. The average molecular weight is 339 g/mol. The summed E-state index contributed by atoms with van der Waals surface area (Å²) in [6.45, 7) is 5.41. The van der Waals surface area contributed by atoms with Gasteiger partial charge < -0.3 is 5.11 Å². The van der Waals surface area contributed by atoms with Gasteiger partial charge >= 0.3 is 5.97 Å². The normalized spacial score (nSPS) is 12.4. The van der Waals surface area contributed by atoms with Crippen LogP contribution in [-0.2, 0) is 14.8 Å². The molecule has 0 aliphatic carbocycles. The predicted octanol–water partition coefficient (Wildman–Crippen LogP) is 2.10. The third-order valence-electron chi connectivity index (χ3n) is 3.48. The quantitative estimate of drug-likeness (QED) is 0.834. The molecule has 0 spiro atoms. The zero-order valence-corrected chi connectivity index (χ0v) is 14.2. The Kier molecular flexibility index (Phi) is 5.06. The number of carbonyl (C=O) groups is 1. The Balaban J connectivity index is 2.46. The molecule has 8 heteroatoms. The summed E-state index contributed by atoms with van der Waals surface area (Å²) in [6.07, 6.45) is 2.16. The number of carboxylic acid groups (broad SMARTS) is 1. The lowest BCUT2D eigenvalue weighted by Gasteiger charge is -2.19. The van der Waals surface area contributed by atoms with Crippen molar-refractivity contribution in [2.75, 3.05) is 13.1 Å². The largest absolute Gasteiger partial charge is 0.480 e. The summed E-state index contributed by atoms with van der Waals surface area (Å²) in [4.78, 5) is 11.0. The second-order valence-corrected chi connectivity index (χ2v) is 7.57. The number of rotatable bonds is 7. The molecule has 23 heavy (non-hydrogen) atoms. The van der Waals surface area contributed by atoms with E-state index in [2.05, 4.69) is 5.10 Å². The second-order valence-electron chi connectivity index (χ2n) is 5.64. The van der Waals surface area contributed by atoms with Crippen LogP contribution in [0.15, 0.2) is 29.3 Å². The Morgan fingerprint density at radius 2 is 2.09 bits per heavy atom. The predicted molar refractivity (Wildman–Crippen MR) is 86.8 cm³/mol. The Labute approximate surface area is 135 Å². The first kappa shape index (κ1) is 17.4. The van der Waals surface area contributed by atoms with Gasteiger partial charge in [-0.2, -0.15) is 9.40 Å². The smallest absolute Gasteiger partial charge is 0.318 e. The Hall–Kier alpha value is -1.93. The fraction of sp³-hybridized carbons (Fsp3) is 0.467.